The third-order valence-electron chi connectivity index (χ3n) is 4.43. The molecule has 2 aliphatic rings. The van der Waals surface area contributed by atoms with Gasteiger partial charge in [0, 0.05) is 19.4 Å². The quantitative estimate of drug-likeness (QED) is 0.660. The van der Waals surface area contributed by atoms with Crippen LogP contribution in [0, 0.1) is 5.92 Å². The van der Waals surface area contributed by atoms with Crippen molar-refractivity contribution in [2.75, 3.05) is 13.2 Å². The number of carbonyl (C=O) groups excluding carboxylic acids is 2. The average molecular weight is 298 g/mol. The van der Waals surface area contributed by atoms with Crippen LogP contribution in [0.5, 0.6) is 0 Å². The summed E-state index contributed by atoms with van der Waals surface area (Å²) in [7, 11) is 0. The first-order chi connectivity index (χ1) is 10.1. The van der Waals surface area contributed by atoms with Crippen molar-refractivity contribution in [1.29, 1.82) is 0 Å². The number of hydrogen-bond acceptors (Lipinski definition) is 4. The highest BCUT2D eigenvalue weighted by atomic mass is 16.5. The van der Waals surface area contributed by atoms with Crippen molar-refractivity contribution in [3.05, 3.63) is 0 Å². The molecule has 2 rings (SSSR count). The number of aliphatic hydroxyl groups is 1. The van der Waals surface area contributed by atoms with E-state index in [4.69, 9.17) is 4.74 Å². The highest BCUT2D eigenvalue weighted by Gasteiger charge is 2.31. The van der Waals surface area contributed by atoms with Gasteiger partial charge in [0.25, 0.3) is 0 Å². The van der Waals surface area contributed by atoms with Crippen LogP contribution >= 0.6 is 0 Å². The van der Waals surface area contributed by atoms with Crippen molar-refractivity contribution in [2.45, 2.75) is 63.7 Å². The van der Waals surface area contributed by atoms with Crippen LogP contribution in [0.3, 0.4) is 0 Å². The first-order valence-corrected chi connectivity index (χ1v) is 7.91. The zero-order valence-corrected chi connectivity index (χ0v) is 12.6. The molecule has 2 fully saturated rings. The molecule has 1 aliphatic heterocycles. The minimum atomic E-state index is -0.352. The van der Waals surface area contributed by atoms with E-state index in [0.717, 1.165) is 38.5 Å². The van der Waals surface area contributed by atoms with Crippen LogP contribution in [-0.2, 0) is 14.3 Å². The van der Waals surface area contributed by atoms with Crippen molar-refractivity contribution in [1.82, 2.24) is 10.6 Å². The Morgan fingerprint density at radius 1 is 1.24 bits per heavy atom. The van der Waals surface area contributed by atoms with E-state index >= 15 is 0 Å². The molecule has 1 saturated carbocycles. The molecule has 0 aromatic heterocycles. The lowest BCUT2D eigenvalue weighted by Gasteiger charge is -2.36. The van der Waals surface area contributed by atoms with E-state index in [1.54, 1.807) is 0 Å². The van der Waals surface area contributed by atoms with Gasteiger partial charge >= 0.3 is 0 Å². The summed E-state index contributed by atoms with van der Waals surface area (Å²) in [5.74, 6) is 0.270. The summed E-state index contributed by atoms with van der Waals surface area (Å²) in [6.07, 6.45) is 5.25. The Bertz CT molecular complexity index is 371. The van der Waals surface area contributed by atoms with E-state index in [0.29, 0.717) is 6.54 Å². The van der Waals surface area contributed by atoms with E-state index < -0.39 is 0 Å². The maximum Gasteiger partial charge on any atom is 0.223 e. The summed E-state index contributed by atoms with van der Waals surface area (Å²) in [5, 5.41) is 15.1. The SMILES string of the molecule is CC(=O)N[C@H]1CC[C@@H](CCNC(=O)C2CCC2)O[C@@H]1CO. The first kappa shape index (κ1) is 16.2. The minimum Gasteiger partial charge on any atom is -0.394 e. The summed E-state index contributed by atoms with van der Waals surface area (Å²) in [6, 6.07) is -0.117. The van der Waals surface area contributed by atoms with Gasteiger partial charge in [-0.05, 0) is 32.1 Å². The Hall–Kier alpha value is -1.14. The second-order valence-corrected chi connectivity index (χ2v) is 6.07. The van der Waals surface area contributed by atoms with Crippen LogP contribution in [0.2, 0.25) is 0 Å². The van der Waals surface area contributed by atoms with E-state index in [1.165, 1.54) is 6.92 Å². The minimum absolute atomic E-state index is 0.0360. The molecule has 0 aromatic carbocycles. The molecule has 0 spiro atoms. The molecular formula is C15H26N2O4. The summed E-state index contributed by atoms with van der Waals surface area (Å²) in [4.78, 5) is 22.8. The maximum absolute atomic E-state index is 11.7. The second kappa shape index (κ2) is 7.75. The Kier molecular flexibility index (Phi) is 5.99. The zero-order valence-electron chi connectivity index (χ0n) is 12.6. The molecule has 6 nitrogen and oxygen atoms in total. The van der Waals surface area contributed by atoms with Gasteiger partial charge in [0.15, 0.2) is 0 Å². The third kappa shape index (κ3) is 4.68. The number of rotatable bonds is 6. The molecule has 1 heterocycles. The highest BCUT2D eigenvalue weighted by Crippen LogP contribution is 2.26. The van der Waals surface area contributed by atoms with Gasteiger partial charge in [-0.2, -0.15) is 0 Å². The van der Waals surface area contributed by atoms with E-state index in [2.05, 4.69) is 10.6 Å². The number of amides is 2. The lowest BCUT2D eigenvalue weighted by atomic mass is 9.85. The van der Waals surface area contributed by atoms with Crippen molar-refractivity contribution < 1.29 is 19.4 Å². The smallest absolute Gasteiger partial charge is 0.223 e. The molecule has 1 saturated heterocycles. The molecule has 2 amide bonds. The van der Waals surface area contributed by atoms with Crippen LogP contribution in [-0.4, -0.2) is 48.3 Å². The van der Waals surface area contributed by atoms with E-state index in [9.17, 15) is 14.7 Å². The standard InChI is InChI=1S/C15H26N2O4/c1-10(19)17-13-6-5-12(21-14(13)9-18)7-8-16-15(20)11-3-2-4-11/h11-14,18H,2-9H2,1H3,(H,16,20)(H,17,19)/t12-,13-,14+/m0/s1. The van der Waals surface area contributed by atoms with Crippen molar-refractivity contribution in [3.63, 3.8) is 0 Å². The first-order valence-electron chi connectivity index (χ1n) is 7.91. The van der Waals surface area contributed by atoms with Crippen LogP contribution in [0.1, 0.15) is 45.4 Å². The van der Waals surface area contributed by atoms with Crippen LogP contribution < -0.4 is 10.6 Å². The third-order valence-corrected chi connectivity index (χ3v) is 4.43. The van der Waals surface area contributed by atoms with Crippen LogP contribution in [0.15, 0.2) is 0 Å². The molecule has 0 unspecified atom stereocenters. The molecule has 3 N–H and O–H groups in total. The Morgan fingerprint density at radius 2 is 2.00 bits per heavy atom. The fourth-order valence-corrected chi connectivity index (χ4v) is 2.94. The lowest BCUT2D eigenvalue weighted by molar-refractivity contribution is -0.129. The molecule has 6 heteroatoms. The Morgan fingerprint density at radius 3 is 2.57 bits per heavy atom. The molecule has 21 heavy (non-hydrogen) atoms. The van der Waals surface area contributed by atoms with Gasteiger partial charge in [0.05, 0.1) is 18.8 Å². The lowest BCUT2D eigenvalue weighted by Crippen LogP contribution is -2.50. The second-order valence-electron chi connectivity index (χ2n) is 6.07. The van der Waals surface area contributed by atoms with Crippen molar-refractivity contribution in [2.24, 2.45) is 5.92 Å². The monoisotopic (exact) mass is 298 g/mol. The van der Waals surface area contributed by atoms with Gasteiger partial charge in [0.1, 0.15) is 6.10 Å². The molecule has 120 valence electrons. The normalized spacial score (nSPS) is 29.5. The van der Waals surface area contributed by atoms with E-state index in [1.807, 2.05) is 0 Å². The van der Waals surface area contributed by atoms with Gasteiger partial charge in [0.2, 0.25) is 11.8 Å². The summed E-state index contributed by atoms with van der Waals surface area (Å²) < 4.78 is 5.82. The summed E-state index contributed by atoms with van der Waals surface area (Å²) >= 11 is 0. The fraction of sp³-hybridized carbons (Fsp3) is 0.867. The molecule has 1 aliphatic carbocycles. The largest absolute Gasteiger partial charge is 0.394 e. The molecule has 3 atom stereocenters. The molecule has 0 radical (unpaired) electrons. The number of carbonyl (C=O) groups is 2. The van der Waals surface area contributed by atoms with Gasteiger partial charge < -0.3 is 20.5 Å². The van der Waals surface area contributed by atoms with Crippen LogP contribution in [0.4, 0.5) is 0 Å². The predicted molar refractivity (Wildman–Crippen MR) is 77.6 cm³/mol. The van der Waals surface area contributed by atoms with Crippen molar-refractivity contribution in [3.8, 4) is 0 Å². The highest BCUT2D eigenvalue weighted by molar-refractivity contribution is 5.79. The summed E-state index contributed by atoms with van der Waals surface area (Å²) in [6.45, 7) is 1.98. The Balaban J connectivity index is 1.68. The van der Waals surface area contributed by atoms with Crippen LogP contribution in [0.25, 0.3) is 0 Å². The van der Waals surface area contributed by atoms with Crippen molar-refractivity contribution >= 4 is 11.8 Å². The van der Waals surface area contributed by atoms with Gasteiger partial charge in [-0.25, -0.2) is 0 Å². The number of nitrogens with one attached hydrogen (secondary N) is 2. The Labute approximate surface area is 125 Å². The molecule has 0 bridgehead atoms. The molecular weight excluding hydrogens is 272 g/mol. The maximum atomic E-state index is 11.7. The average Bonchev–Trinajstić information content (AvgIpc) is 2.37. The fourth-order valence-electron chi connectivity index (χ4n) is 2.94. The van der Waals surface area contributed by atoms with Gasteiger partial charge in [-0.3, -0.25) is 9.59 Å². The zero-order chi connectivity index (χ0) is 15.2. The van der Waals surface area contributed by atoms with Gasteiger partial charge in [-0.1, -0.05) is 6.42 Å². The van der Waals surface area contributed by atoms with Gasteiger partial charge in [-0.15, -0.1) is 0 Å². The van der Waals surface area contributed by atoms with E-state index in [-0.39, 0.29) is 42.6 Å². The molecule has 0 aromatic rings. The number of hydrogen-bond donors (Lipinski definition) is 3. The summed E-state index contributed by atoms with van der Waals surface area (Å²) in [5.41, 5.74) is 0. The predicted octanol–water partition coefficient (Wildman–Crippen LogP) is 0.337. The topological polar surface area (TPSA) is 87.7 Å². The number of aliphatic hydroxyl groups excluding tert-OH is 1. The number of ether oxygens (including phenoxy) is 1.